The highest BCUT2D eigenvalue weighted by Crippen LogP contribution is 2.20. The van der Waals surface area contributed by atoms with Gasteiger partial charge in [-0.15, -0.1) is 0 Å². The maximum absolute atomic E-state index is 12.2. The molecule has 2 amide bonds. The van der Waals surface area contributed by atoms with Crippen LogP contribution in [0.5, 0.6) is 0 Å². The molecule has 0 bridgehead atoms. The van der Waals surface area contributed by atoms with E-state index in [1.165, 1.54) is 0 Å². The summed E-state index contributed by atoms with van der Waals surface area (Å²) in [5, 5.41) is 2.78. The van der Waals surface area contributed by atoms with Gasteiger partial charge in [-0.1, -0.05) is 15.9 Å². The summed E-state index contributed by atoms with van der Waals surface area (Å²) in [6.45, 7) is 0. The van der Waals surface area contributed by atoms with Crippen LogP contribution in [0.1, 0.15) is 20.7 Å². The molecule has 0 fully saturated rings. The molecule has 0 saturated carbocycles. The van der Waals surface area contributed by atoms with Gasteiger partial charge in [-0.2, -0.15) is 0 Å². The van der Waals surface area contributed by atoms with Crippen molar-refractivity contribution in [2.45, 2.75) is 0 Å². The van der Waals surface area contributed by atoms with E-state index in [1.54, 1.807) is 30.3 Å². The molecule has 0 saturated heterocycles. The minimum absolute atomic E-state index is 0.206. The zero-order valence-electron chi connectivity index (χ0n) is 10.2. The first kappa shape index (κ1) is 15.0. The summed E-state index contributed by atoms with van der Waals surface area (Å²) >= 11 is 5.45. The molecule has 0 aliphatic rings. The van der Waals surface area contributed by atoms with Gasteiger partial charge in [0.2, 0.25) is 5.91 Å². The zero-order chi connectivity index (χ0) is 14.7. The van der Waals surface area contributed by atoms with Gasteiger partial charge >= 0.3 is 0 Å². The van der Waals surface area contributed by atoms with E-state index in [2.05, 4.69) is 43.8 Å². The van der Waals surface area contributed by atoms with Crippen LogP contribution in [0.3, 0.4) is 0 Å². The summed E-state index contributed by atoms with van der Waals surface area (Å²) in [5.74, 6) is -0.702. The lowest BCUT2D eigenvalue weighted by molar-refractivity contribution is 0.0998. The number of hydrogen-bond donors (Lipinski definition) is 2. The first-order valence-corrected chi connectivity index (χ1v) is 7.51. The number of rotatable bonds is 3. The molecule has 2 aromatic carbocycles. The lowest BCUT2D eigenvalue weighted by Gasteiger charge is -2.08. The third kappa shape index (κ3) is 3.57. The molecule has 0 spiro atoms. The second kappa shape index (κ2) is 6.36. The summed E-state index contributed by atoms with van der Waals surface area (Å²) in [7, 11) is 0. The molecule has 102 valence electrons. The number of amides is 2. The molecule has 2 aromatic rings. The van der Waals surface area contributed by atoms with Crippen LogP contribution >= 0.6 is 38.5 Å². The van der Waals surface area contributed by atoms with Gasteiger partial charge < -0.3 is 11.1 Å². The Kier molecular flexibility index (Phi) is 4.77. The van der Waals surface area contributed by atoms with Crippen molar-refractivity contribution in [3.8, 4) is 0 Å². The maximum atomic E-state index is 12.2. The predicted octanol–water partition coefficient (Wildman–Crippen LogP) is 3.40. The van der Waals surface area contributed by atoms with Crippen molar-refractivity contribution >= 4 is 56.0 Å². The third-order valence-corrected chi connectivity index (χ3v) is 4.03. The fraction of sp³-hybridized carbons (Fsp3) is 0. The van der Waals surface area contributed by atoms with E-state index in [-0.39, 0.29) is 5.91 Å². The Morgan fingerprint density at radius 2 is 1.75 bits per heavy atom. The fourth-order valence-corrected chi connectivity index (χ4v) is 2.53. The second-order valence-corrected chi connectivity index (χ2v) is 6.10. The van der Waals surface area contributed by atoms with Gasteiger partial charge in [0, 0.05) is 19.3 Å². The molecule has 2 rings (SSSR count). The standard InChI is InChI=1S/C14H10BrIN2O2/c15-9-3-6-12(16)11(7-9)14(20)18-10-4-1-8(2-5-10)13(17)19/h1-7H,(H2,17,19)(H,18,20). The first-order chi connectivity index (χ1) is 9.47. The highest BCUT2D eigenvalue weighted by Gasteiger charge is 2.11. The average molecular weight is 445 g/mol. The highest BCUT2D eigenvalue weighted by atomic mass is 127. The number of halogens is 2. The van der Waals surface area contributed by atoms with Crippen molar-refractivity contribution < 1.29 is 9.59 Å². The molecule has 4 nitrogen and oxygen atoms in total. The topological polar surface area (TPSA) is 72.2 Å². The number of nitrogens with one attached hydrogen (secondary N) is 1. The van der Waals surface area contributed by atoms with Crippen LogP contribution in [0, 0.1) is 3.57 Å². The normalized spacial score (nSPS) is 10.1. The van der Waals surface area contributed by atoms with E-state index in [0.29, 0.717) is 16.8 Å². The van der Waals surface area contributed by atoms with E-state index in [1.807, 2.05) is 12.1 Å². The number of carbonyl (C=O) groups is 2. The Morgan fingerprint density at radius 3 is 2.35 bits per heavy atom. The van der Waals surface area contributed by atoms with Gasteiger partial charge in [0.05, 0.1) is 5.56 Å². The van der Waals surface area contributed by atoms with E-state index in [0.717, 1.165) is 8.04 Å². The molecule has 0 heterocycles. The van der Waals surface area contributed by atoms with Gasteiger partial charge in [-0.3, -0.25) is 9.59 Å². The zero-order valence-corrected chi connectivity index (χ0v) is 13.9. The number of anilines is 1. The van der Waals surface area contributed by atoms with Crippen molar-refractivity contribution in [3.63, 3.8) is 0 Å². The monoisotopic (exact) mass is 444 g/mol. The summed E-state index contributed by atoms with van der Waals surface area (Å²) in [5.41, 5.74) is 6.75. The maximum Gasteiger partial charge on any atom is 0.256 e. The summed E-state index contributed by atoms with van der Waals surface area (Å²) in [6, 6.07) is 11.9. The number of primary amides is 1. The number of benzene rings is 2. The Labute approximate surface area is 138 Å². The summed E-state index contributed by atoms with van der Waals surface area (Å²) < 4.78 is 1.70. The SMILES string of the molecule is NC(=O)c1ccc(NC(=O)c2cc(Br)ccc2I)cc1. The van der Waals surface area contributed by atoms with Crippen LogP contribution in [-0.4, -0.2) is 11.8 Å². The van der Waals surface area contributed by atoms with Crippen molar-refractivity contribution in [1.29, 1.82) is 0 Å². The smallest absolute Gasteiger partial charge is 0.256 e. The van der Waals surface area contributed by atoms with Gasteiger partial charge in [0.25, 0.3) is 5.91 Å². The fourth-order valence-electron chi connectivity index (χ4n) is 1.59. The van der Waals surface area contributed by atoms with Gasteiger partial charge in [0.1, 0.15) is 0 Å². The van der Waals surface area contributed by atoms with Crippen LogP contribution in [0.2, 0.25) is 0 Å². The first-order valence-electron chi connectivity index (χ1n) is 5.63. The van der Waals surface area contributed by atoms with Crippen molar-refractivity contribution in [3.05, 3.63) is 61.6 Å². The third-order valence-electron chi connectivity index (χ3n) is 2.60. The Hall–Kier alpha value is -1.41. The lowest BCUT2D eigenvalue weighted by atomic mass is 10.2. The minimum Gasteiger partial charge on any atom is -0.366 e. The lowest BCUT2D eigenvalue weighted by Crippen LogP contribution is -2.14. The van der Waals surface area contributed by atoms with Crippen molar-refractivity contribution in [2.24, 2.45) is 5.73 Å². The molecular formula is C14H10BrIN2O2. The molecule has 0 atom stereocenters. The Morgan fingerprint density at radius 1 is 1.10 bits per heavy atom. The molecule has 3 N–H and O–H groups in total. The van der Waals surface area contributed by atoms with Crippen LogP contribution < -0.4 is 11.1 Å². The Bertz CT molecular complexity index is 671. The Balaban J connectivity index is 2.19. The molecule has 0 radical (unpaired) electrons. The molecule has 20 heavy (non-hydrogen) atoms. The molecule has 6 heteroatoms. The van der Waals surface area contributed by atoms with Crippen LogP contribution in [-0.2, 0) is 0 Å². The molecular weight excluding hydrogens is 435 g/mol. The molecule has 0 unspecified atom stereocenters. The van der Waals surface area contributed by atoms with Crippen LogP contribution in [0.15, 0.2) is 46.9 Å². The van der Waals surface area contributed by atoms with Gasteiger partial charge in [-0.25, -0.2) is 0 Å². The van der Waals surface area contributed by atoms with Gasteiger partial charge in [-0.05, 0) is 65.1 Å². The molecule has 0 aliphatic carbocycles. The van der Waals surface area contributed by atoms with E-state index in [9.17, 15) is 9.59 Å². The van der Waals surface area contributed by atoms with Crippen molar-refractivity contribution in [1.82, 2.24) is 0 Å². The van der Waals surface area contributed by atoms with E-state index in [4.69, 9.17) is 5.73 Å². The van der Waals surface area contributed by atoms with Crippen LogP contribution in [0.4, 0.5) is 5.69 Å². The van der Waals surface area contributed by atoms with E-state index < -0.39 is 5.91 Å². The predicted molar refractivity (Wildman–Crippen MR) is 89.8 cm³/mol. The number of carbonyl (C=O) groups excluding carboxylic acids is 2. The van der Waals surface area contributed by atoms with E-state index >= 15 is 0 Å². The quantitative estimate of drug-likeness (QED) is 0.712. The average Bonchev–Trinajstić information content (AvgIpc) is 2.42. The minimum atomic E-state index is -0.496. The molecule has 0 aromatic heterocycles. The number of nitrogens with two attached hydrogens (primary N) is 1. The highest BCUT2D eigenvalue weighted by molar-refractivity contribution is 14.1. The van der Waals surface area contributed by atoms with Crippen molar-refractivity contribution in [2.75, 3.05) is 5.32 Å². The number of hydrogen-bond acceptors (Lipinski definition) is 2. The summed E-state index contributed by atoms with van der Waals surface area (Å²) in [6.07, 6.45) is 0. The van der Waals surface area contributed by atoms with Crippen LogP contribution in [0.25, 0.3) is 0 Å². The largest absolute Gasteiger partial charge is 0.366 e. The molecule has 0 aliphatic heterocycles. The van der Waals surface area contributed by atoms with Gasteiger partial charge in [0.15, 0.2) is 0 Å². The summed E-state index contributed by atoms with van der Waals surface area (Å²) in [4.78, 5) is 23.1. The second-order valence-electron chi connectivity index (χ2n) is 4.02.